The Balaban J connectivity index is 2.04. The number of aryl methyl sites for hydroxylation is 2. The largest absolute Gasteiger partial charge is 0.350 e. The van der Waals surface area contributed by atoms with Gasteiger partial charge in [-0.3, -0.25) is 14.6 Å². The molecule has 0 bridgehead atoms. The number of hydrogen-bond acceptors (Lipinski definition) is 3. The number of hydrogen-bond donors (Lipinski definition) is 1. The number of nitrogens with one attached hydrogen (secondary N) is 1. The van der Waals surface area contributed by atoms with E-state index in [1.54, 1.807) is 12.4 Å². The number of carbonyl (C=O) groups is 2. The molecule has 5 heteroatoms. The Kier molecular flexibility index (Phi) is 5.46. The molecule has 23 heavy (non-hydrogen) atoms. The fraction of sp³-hybridized carbons (Fsp3) is 0.278. The summed E-state index contributed by atoms with van der Waals surface area (Å²) < 4.78 is 0. The highest BCUT2D eigenvalue weighted by molar-refractivity contribution is 5.98. The molecule has 2 aromatic rings. The van der Waals surface area contributed by atoms with Crippen molar-refractivity contribution in [2.45, 2.75) is 27.3 Å². The van der Waals surface area contributed by atoms with Gasteiger partial charge in [-0.05, 0) is 43.2 Å². The third-order valence-electron chi connectivity index (χ3n) is 3.56. The normalized spacial score (nSPS) is 10.2. The Labute approximate surface area is 136 Å². The molecule has 0 spiro atoms. The molecule has 0 saturated carbocycles. The van der Waals surface area contributed by atoms with Crippen LogP contribution in [0.3, 0.4) is 0 Å². The molecule has 0 saturated heterocycles. The van der Waals surface area contributed by atoms with Crippen LogP contribution in [0.4, 0.5) is 5.69 Å². The minimum atomic E-state index is -0.197. The van der Waals surface area contributed by atoms with Gasteiger partial charge in [-0.25, -0.2) is 0 Å². The molecule has 2 amide bonds. The lowest BCUT2D eigenvalue weighted by atomic mass is 10.1. The fourth-order valence-corrected chi connectivity index (χ4v) is 2.38. The van der Waals surface area contributed by atoms with E-state index in [0.717, 1.165) is 22.4 Å². The lowest BCUT2D eigenvalue weighted by molar-refractivity contribution is -0.123. The predicted molar refractivity (Wildman–Crippen MR) is 90.0 cm³/mol. The molecule has 0 atom stereocenters. The number of rotatable bonds is 5. The minimum absolute atomic E-state index is 0.00428. The number of amides is 2. The smallest absolute Gasteiger partial charge is 0.240 e. The Morgan fingerprint density at radius 3 is 2.43 bits per heavy atom. The maximum absolute atomic E-state index is 12.2. The van der Waals surface area contributed by atoms with Crippen LogP contribution in [0.25, 0.3) is 0 Å². The van der Waals surface area contributed by atoms with E-state index in [2.05, 4.69) is 10.3 Å². The Bertz CT molecular complexity index is 699. The van der Waals surface area contributed by atoms with Crippen LogP contribution in [-0.4, -0.2) is 23.3 Å². The summed E-state index contributed by atoms with van der Waals surface area (Å²) in [6.45, 7) is 5.82. The lowest BCUT2D eigenvalue weighted by Crippen LogP contribution is -2.40. The maximum atomic E-state index is 12.2. The first-order valence-corrected chi connectivity index (χ1v) is 7.48. The molecule has 1 aromatic carbocycles. The molecule has 0 aliphatic carbocycles. The molecular formula is C18H21N3O2. The van der Waals surface area contributed by atoms with Crippen molar-refractivity contribution in [3.63, 3.8) is 0 Å². The summed E-state index contributed by atoms with van der Waals surface area (Å²) >= 11 is 0. The van der Waals surface area contributed by atoms with Crippen molar-refractivity contribution in [1.82, 2.24) is 10.3 Å². The molecule has 0 unspecified atom stereocenters. The van der Waals surface area contributed by atoms with Crippen LogP contribution in [-0.2, 0) is 16.1 Å². The number of anilines is 1. The van der Waals surface area contributed by atoms with Gasteiger partial charge in [0.15, 0.2) is 0 Å². The Morgan fingerprint density at radius 2 is 1.83 bits per heavy atom. The van der Waals surface area contributed by atoms with Crippen molar-refractivity contribution in [2.75, 3.05) is 11.4 Å². The van der Waals surface area contributed by atoms with E-state index in [9.17, 15) is 9.59 Å². The summed E-state index contributed by atoms with van der Waals surface area (Å²) in [5.74, 6) is -0.354. The van der Waals surface area contributed by atoms with Gasteiger partial charge in [0.2, 0.25) is 11.8 Å². The highest BCUT2D eigenvalue weighted by Gasteiger charge is 2.17. The number of nitrogens with zero attached hydrogens (tertiary/aromatic N) is 2. The molecule has 1 N–H and O–H groups in total. The Morgan fingerprint density at radius 1 is 1.13 bits per heavy atom. The highest BCUT2D eigenvalue weighted by Crippen LogP contribution is 2.21. The lowest BCUT2D eigenvalue weighted by Gasteiger charge is -2.23. The SMILES string of the molecule is CC(=O)N(CC(=O)NCc1ccncc1)c1ccc(C)cc1C. The van der Waals surface area contributed by atoms with Crippen molar-refractivity contribution < 1.29 is 9.59 Å². The van der Waals surface area contributed by atoms with Gasteiger partial charge in [0.25, 0.3) is 0 Å². The van der Waals surface area contributed by atoms with Crippen molar-refractivity contribution in [3.8, 4) is 0 Å². The zero-order valence-corrected chi connectivity index (χ0v) is 13.7. The molecule has 1 heterocycles. The van der Waals surface area contributed by atoms with Crippen LogP contribution in [0.5, 0.6) is 0 Å². The zero-order chi connectivity index (χ0) is 16.8. The van der Waals surface area contributed by atoms with Gasteiger partial charge in [-0.1, -0.05) is 17.7 Å². The van der Waals surface area contributed by atoms with Gasteiger partial charge in [0, 0.05) is 31.5 Å². The number of pyridine rings is 1. The molecule has 0 radical (unpaired) electrons. The second-order valence-electron chi connectivity index (χ2n) is 5.53. The molecule has 120 valence electrons. The number of benzene rings is 1. The van der Waals surface area contributed by atoms with Crippen LogP contribution >= 0.6 is 0 Å². The predicted octanol–water partition coefficient (Wildman–Crippen LogP) is 2.37. The average Bonchev–Trinajstić information content (AvgIpc) is 2.52. The molecule has 2 rings (SSSR count). The number of aromatic nitrogens is 1. The average molecular weight is 311 g/mol. The van der Waals surface area contributed by atoms with Gasteiger partial charge in [0.05, 0.1) is 0 Å². The van der Waals surface area contributed by atoms with E-state index in [0.29, 0.717) is 6.54 Å². The second-order valence-corrected chi connectivity index (χ2v) is 5.53. The van der Waals surface area contributed by atoms with E-state index < -0.39 is 0 Å². The topological polar surface area (TPSA) is 62.3 Å². The van der Waals surface area contributed by atoms with E-state index in [-0.39, 0.29) is 18.4 Å². The monoisotopic (exact) mass is 311 g/mol. The van der Waals surface area contributed by atoms with Gasteiger partial charge in [-0.2, -0.15) is 0 Å². The summed E-state index contributed by atoms with van der Waals surface area (Å²) in [6, 6.07) is 9.50. The molecule has 0 fully saturated rings. The summed E-state index contributed by atoms with van der Waals surface area (Å²) in [5, 5.41) is 2.82. The van der Waals surface area contributed by atoms with Gasteiger partial charge in [-0.15, -0.1) is 0 Å². The standard InChI is InChI=1S/C18H21N3O2/c1-13-4-5-17(14(2)10-13)21(15(3)22)12-18(23)20-11-16-6-8-19-9-7-16/h4-10H,11-12H2,1-3H3,(H,20,23). The number of carbonyl (C=O) groups excluding carboxylic acids is 2. The van der Waals surface area contributed by atoms with Crippen LogP contribution in [0.1, 0.15) is 23.6 Å². The van der Waals surface area contributed by atoms with Crippen molar-refractivity contribution in [1.29, 1.82) is 0 Å². The zero-order valence-electron chi connectivity index (χ0n) is 13.7. The van der Waals surface area contributed by atoms with Gasteiger partial charge >= 0.3 is 0 Å². The summed E-state index contributed by atoms with van der Waals surface area (Å²) in [7, 11) is 0. The fourth-order valence-electron chi connectivity index (χ4n) is 2.38. The van der Waals surface area contributed by atoms with E-state index in [4.69, 9.17) is 0 Å². The Hall–Kier alpha value is -2.69. The second kappa shape index (κ2) is 7.54. The van der Waals surface area contributed by atoms with Crippen molar-refractivity contribution in [3.05, 3.63) is 59.4 Å². The molecule has 5 nitrogen and oxygen atoms in total. The van der Waals surface area contributed by atoms with E-state index >= 15 is 0 Å². The molecular weight excluding hydrogens is 290 g/mol. The first-order chi connectivity index (χ1) is 11.0. The van der Waals surface area contributed by atoms with Crippen LogP contribution in [0.2, 0.25) is 0 Å². The third-order valence-corrected chi connectivity index (χ3v) is 3.56. The van der Waals surface area contributed by atoms with Crippen LogP contribution < -0.4 is 10.2 Å². The van der Waals surface area contributed by atoms with Crippen molar-refractivity contribution >= 4 is 17.5 Å². The first-order valence-electron chi connectivity index (χ1n) is 7.48. The van der Waals surface area contributed by atoms with Gasteiger partial charge < -0.3 is 10.2 Å². The minimum Gasteiger partial charge on any atom is -0.350 e. The summed E-state index contributed by atoms with van der Waals surface area (Å²) in [4.78, 5) is 29.5. The van der Waals surface area contributed by atoms with E-state index in [1.165, 1.54) is 11.8 Å². The van der Waals surface area contributed by atoms with E-state index in [1.807, 2.05) is 44.2 Å². The third kappa shape index (κ3) is 4.64. The van der Waals surface area contributed by atoms with Crippen molar-refractivity contribution in [2.24, 2.45) is 0 Å². The molecule has 0 aliphatic rings. The summed E-state index contributed by atoms with van der Waals surface area (Å²) in [6.07, 6.45) is 3.36. The highest BCUT2D eigenvalue weighted by atomic mass is 16.2. The first kappa shape index (κ1) is 16.7. The quantitative estimate of drug-likeness (QED) is 0.922. The van der Waals surface area contributed by atoms with Crippen LogP contribution in [0, 0.1) is 13.8 Å². The van der Waals surface area contributed by atoms with Gasteiger partial charge in [0.1, 0.15) is 6.54 Å². The maximum Gasteiger partial charge on any atom is 0.240 e. The molecule has 1 aromatic heterocycles. The summed E-state index contributed by atoms with van der Waals surface area (Å²) in [5.41, 5.74) is 3.83. The molecule has 0 aliphatic heterocycles. The van der Waals surface area contributed by atoms with Crippen LogP contribution in [0.15, 0.2) is 42.7 Å².